The van der Waals surface area contributed by atoms with E-state index in [9.17, 15) is 18.0 Å². The van der Waals surface area contributed by atoms with E-state index in [4.69, 9.17) is 13.7 Å². The number of ether oxygens (including phenoxy) is 2. The fourth-order valence-electron chi connectivity index (χ4n) is 4.21. The molecule has 3 aliphatic rings. The summed E-state index contributed by atoms with van der Waals surface area (Å²) in [6.07, 6.45) is 0.789. The highest BCUT2D eigenvalue weighted by molar-refractivity contribution is 7.87. The summed E-state index contributed by atoms with van der Waals surface area (Å²) in [6, 6.07) is 0. The van der Waals surface area contributed by atoms with Crippen LogP contribution in [0.2, 0.25) is 0 Å². The third-order valence-electron chi connectivity index (χ3n) is 5.71. The molecule has 0 radical (unpaired) electrons. The second-order valence-electron chi connectivity index (χ2n) is 8.59. The van der Waals surface area contributed by atoms with Gasteiger partial charge in [0.15, 0.2) is 0 Å². The maximum absolute atomic E-state index is 12.0. The van der Waals surface area contributed by atoms with Crippen LogP contribution >= 0.6 is 0 Å². The van der Waals surface area contributed by atoms with E-state index in [-0.39, 0.29) is 43.5 Å². The number of carbonyl (C=O) groups excluding carboxylic acids is 2. The molecule has 1 amide bonds. The van der Waals surface area contributed by atoms with Crippen molar-refractivity contribution in [3.8, 4) is 0 Å². The molecule has 2 aliphatic carbocycles. The van der Waals surface area contributed by atoms with Crippen molar-refractivity contribution in [2.75, 3.05) is 19.8 Å². The Morgan fingerprint density at radius 1 is 1.27 bits per heavy atom. The summed E-state index contributed by atoms with van der Waals surface area (Å²) in [7, 11) is -3.51. The molecule has 2 bridgehead atoms. The molecule has 9 heteroatoms. The van der Waals surface area contributed by atoms with E-state index in [1.807, 2.05) is 6.92 Å². The molecule has 2 saturated carbocycles. The largest absolute Gasteiger partial charge is 0.463 e. The topological polar surface area (TPSA) is 108 Å². The number of esters is 1. The number of fused-ring (bicyclic) bond motifs is 1. The smallest absolute Gasteiger partial charge is 0.311 e. The van der Waals surface area contributed by atoms with Crippen LogP contribution in [-0.4, -0.2) is 57.0 Å². The Balaban J connectivity index is 1.44. The van der Waals surface area contributed by atoms with Crippen molar-refractivity contribution in [1.29, 1.82) is 0 Å². The van der Waals surface area contributed by atoms with Gasteiger partial charge in [-0.05, 0) is 46.5 Å². The predicted molar refractivity (Wildman–Crippen MR) is 91.6 cm³/mol. The van der Waals surface area contributed by atoms with Crippen LogP contribution in [0.4, 0.5) is 0 Å². The van der Waals surface area contributed by atoms with Gasteiger partial charge in [0.1, 0.15) is 19.3 Å². The van der Waals surface area contributed by atoms with Gasteiger partial charge in [-0.25, -0.2) is 0 Å². The Morgan fingerprint density at radius 3 is 2.62 bits per heavy atom. The number of carbonyl (C=O) groups is 2. The average Bonchev–Trinajstić information content (AvgIpc) is 3.13. The molecule has 26 heavy (non-hydrogen) atoms. The summed E-state index contributed by atoms with van der Waals surface area (Å²) in [5.41, 5.74) is -1.34. The zero-order valence-electron chi connectivity index (χ0n) is 15.6. The van der Waals surface area contributed by atoms with E-state index in [2.05, 4.69) is 5.32 Å². The van der Waals surface area contributed by atoms with Gasteiger partial charge in [-0.2, -0.15) is 8.42 Å². The van der Waals surface area contributed by atoms with Crippen LogP contribution in [-0.2, 0) is 33.4 Å². The van der Waals surface area contributed by atoms with Gasteiger partial charge in [-0.15, -0.1) is 0 Å². The molecule has 8 nitrogen and oxygen atoms in total. The first-order valence-corrected chi connectivity index (χ1v) is 10.4. The standard InChI is InChI=1S/C17H27NO7S/c1-16(2,3)15(20)23-6-5-18-13(19)9-24-17(4)10-7-11-12(8-10)26(21,22)25-14(11)17/h10-12,14H,5-9H2,1-4H3,(H,18,19). The van der Waals surface area contributed by atoms with Crippen molar-refractivity contribution in [2.24, 2.45) is 17.3 Å². The lowest BCUT2D eigenvalue weighted by molar-refractivity contribution is -0.154. The molecule has 1 aliphatic heterocycles. The molecule has 5 unspecified atom stereocenters. The SMILES string of the molecule is CC(C)(C)C(=O)OCCNC(=O)COC1(C)C2CC3C1OS(=O)(=O)C3C2. The zero-order valence-corrected chi connectivity index (χ0v) is 16.4. The number of amides is 1. The molecule has 1 saturated heterocycles. The van der Waals surface area contributed by atoms with Gasteiger partial charge in [-0.3, -0.25) is 13.8 Å². The number of nitrogens with one attached hydrogen (secondary N) is 1. The van der Waals surface area contributed by atoms with E-state index in [1.165, 1.54) is 0 Å². The quantitative estimate of drug-likeness (QED) is 0.403. The first-order chi connectivity index (χ1) is 11.9. The van der Waals surface area contributed by atoms with Crippen molar-refractivity contribution in [2.45, 2.75) is 57.5 Å². The molecule has 1 N–H and O–H groups in total. The third-order valence-corrected chi connectivity index (χ3v) is 7.47. The van der Waals surface area contributed by atoms with Crippen LogP contribution in [0.3, 0.4) is 0 Å². The Kier molecular flexibility index (Phi) is 4.86. The molecule has 1 heterocycles. The van der Waals surface area contributed by atoms with Gasteiger partial charge in [0, 0.05) is 5.92 Å². The highest BCUT2D eigenvalue weighted by atomic mass is 32.2. The maximum Gasteiger partial charge on any atom is 0.311 e. The molecular formula is C17H27NO7S. The first-order valence-electron chi connectivity index (χ1n) is 8.95. The molecular weight excluding hydrogens is 362 g/mol. The van der Waals surface area contributed by atoms with E-state index in [0.717, 1.165) is 6.42 Å². The second-order valence-corrected chi connectivity index (χ2v) is 10.4. The Bertz CT molecular complexity index is 698. The van der Waals surface area contributed by atoms with E-state index >= 15 is 0 Å². The summed E-state index contributed by atoms with van der Waals surface area (Å²) in [5.74, 6) is -0.611. The predicted octanol–water partition coefficient (Wildman–Crippen LogP) is 0.604. The Hall–Kier alpha value is -1.19. The monoisotopic (exact) mass is 389 g/mol. The van der Waals surface area contributed by atoms with Gasteiger partial charge in [-0.1, -0.05) is 0 Å². The van der Waals surface area contributed by atoms with Crippen molar-refractivity contribution >= 4 is 22.0 Å². The summed E-state index contributed by atoms with van der Waals surface area (Å²) in [5, 5.41) is 2.22. The Labute approximate surface area is 154 Å². The summed E-state index contributed by atoms with van der Waals surface area (Å²) in [4.78, 5) is 23.6. The minimum Gasteiger partial charge on any atom is -0.463 e. The van der Waals surface area contributed by atoms with Gasteiger partial charge in [0.25, 0.3) is 10.1 Å². The lowest BCUT2D eigenvalue weighted by Crippen LogP contribution is -2.49. The van der Waals surface area contributed by atoms with Crippen LogP contribution in [0.25, 0.3) is 0 Å². The van der Waals surface area contributed by atoms with Crippen molar-refractivity contribution in [3.63, 3.8) is 0 Å². The number of hydrogen-bond acceptors (Lipinski definition) is 7. The van der Waals surface area contributed by atoms with E-state index < -0.39 is 32.5 Å². The number of hydrogen-bond donors (Lipinski definition) is 1. The minimum absolute atomic E-state index is 0.0325. The van der Waals surface area contributed by atoms with Crippen LogP contribution in [0.1, 0.15) is 40.5 Å². The van der Waals surface area contributed by atoms with Crippen LogP contribution < -0.4 is 5.32 Å². The summed E-state index contributed by atoms with van der Waals surface area (Å²) >= 11 is 0. The van der Waals surface area contributed by atoms with Gasteiger partial charge in [0.05, 0.1) is 22.8 Å². The Morgan fingerprint density at radius 2 is 1.96 bits per heavy atom. The van der Waals surface area contributed by atoms with Crippen LogP contribution in [0.5, 0.6) is 0 Å². The lowest BCUT2D eigenvalue weighted by atomic mass is 9.83. The van der Waals surface area contributed by atoms with Crippen LogP contribution in [0, 0.1) is 17.3 Å². The first kappa shape index (κ1) is 19.6. The fraction of sp³-hybridized carbons (Fsp3) is 0.882. The maximum atomic E-state index is 12.0. The van der Waals surface area contributed by atoms with Gasteiger partial charge in [0.2, 0.25) is 5.91 Å². The minimum atomic E-state index is -3.51. The van der Waals surface area contributed by atoms with E-state index in [0.29, 0.717) is 6.42 Å². The molecule has 148 valence electrons. The van der Waals surface area contributed by atoms with Gasteiger partial charge < -0.3 is 14.8 Å². The molecule has 3 rings (SSSR count). The normalized spacial score (nSPS) is 36.9. The van der Waals surface area contributed by atoms with Gasteiger partial charge >= 0.3 is 5.97 Å². The third kappa shape index (κ3) is 3.36. The molecule has 0 aromatic heterocycles. The summed E-state index contributed by atoms with van der Waals surface area (Å²) < 4.78 is 40.2. The van der Waals surface area contributed by atoms with Crippen molar-refractivity contribution in [3.05, 3.63) is 0 Å². The number of rotatable bonds is 6. The van der Waals surface area contributed by atoms with Crippen molar-refractivity contribution in [1.82, 2.24) is 5.32 Å². The average molecular weight is 389 g/mol. The molecule has 5 atom stereocenters. The zero-order chi connectivity index (χ0) is 19.3. The molecule has 0 aromatic rings. The summed E-state index contributed by atoms with van der Waals surface area (Å²) in [6.45, 7) is 7.21. The highest BCUT2D eigenvalue weighted by Crippen LogP contribution is 2.60. The molecule has 0 spiro atoms. The van der Waals surface area contributed by atoms with Crippen LogP contribution in [0.15, 0.2) is 0 Å². The van der Waals surface area contributed by atoms with Crippen molar-refractivity contribution < 1.29 is 31.7 Å². The lowest BCUT2D eigenvalue weighted by Gasteiger charge is -2.36. The molecule has 3 fully saturated rings. The molecule has 0 aromatic carbocycles. The second kappa shape index (κ2) is 6.45. The van der Waals surface area contributed by atoms with E-state index in [1.54, 1.807) is 20.8 Å². The highest BCUT2D eigenvalue weighted by Gasteiger charge is 2.69. The fourth-order valence-corrected chi connectivity index (χ4v) is 6.13.